The lowest BCUT2D eigenvalue weighted by atomic mass is 9.84. The molecular weight excluding hydrogens is 582 g/mol. The van der Waals surface area contributed by atoms with Gasteiger partial charge in [-0.15, -0.1) is 0 Å². The first-order chi connectivity index (χ1) is 21.7. The zero-order chi connectivity index (χ0) is 32.9. The number of aryl methyl sites for hydroxylation is 2. The summed E-state index contributed by atoms with van der Waals surface area (Å²) in [5, 5.41) is 0.403. The molecule has 45 heavy (non-hydrogen) atoms. The largest absolute Gasteiger partial charge is 0.426 e. The number of fused-ring (bicyclic) bond motifs is 1. The van der Waals surface area contributed by atoms with E-state index in [0.29, 0.717) is 17.2 Å². The van der Waals surface area contributed by atoms with Crippen LogP contribution >= 0.6 is 11.6 Å². The van der Waals surface area contributed by atoms with Crippen molar-refractivity contribution in [1.29, 1.82) is 0 Å². The molecule has 1 aliphatic carbocycles. The average molecular weight is 640 g/mol. The highest BCUT2D eigenvalue weighted by Crippen LogP contribution is 2.43. The molecule has 0 spiro atoms. The van der Waals surface area contributed by atoms with Crippen molar-refractivity contribution in [3.8, 4) is 0 Å². The van der Waals surface area contributed by atoms with Crippen molar-refractivity contribution in [2.24, 2.45) is 11.8 Å². The van der Waals surface area contributed by atoms with Crippen LogP contribution in [-0.4, -0.2) is 37.0 Å². The fourth-order valence-corrected chi connectivity index (χ4v) is 7.16. The number of esters is 2. The van der Waals surface area contributed by atoms with Crippen molar-refractivity contribution < 1.29 is 19.1 Å². The average Bonchev–Trinajstić information content (AvgIpc) is 3.25. The number of likely N-dealkylation sites (tertiary alicyclic amines) is 1. The normalized spacial score (nSPS) is 17.7. The number of nitrogens with zero attached hydrogens (tertiary/aromatic N) is 1. The Kier molecular flexibility index (Phi) is 15.4. The molecular formula is C39H58ClNO4. The molecule has 2 aliphatic rings. The molecule has 0 aromatic heterocycles. The van der Waals surface area contributed by atoms with E-state index in [2.05, 4.69) is 77.8 Å². The van der Waals surface area contributed by atoms with Gasteiger partial charge in [-0.05, 0) is 86.8 Å². The van der Waals surface area contributed by atoms with Gasteiger partial charge in [-0.3, -0.25) is 9.59 Å². The molecule has 3 rings (SSSR count). The Labute approximate surface area is 278 Å². The summed E-state index contributed by atoms with van der Waals surface area (Å²) in [6, 6.07) is 6.89. The molecule has 6 heteroatoms. The molecule has 1 fully saturated rings. The highest BCUT2D eigenvalue weighted by atomic mass is 35.5. The SMILES string of the molecule is CCCCc1ccc(C2CN(C)CCC3=C(Cl)C(OC(=O)C(CCC)CCC)=C(OC(=O)C(CCC)CCC)CC=C32)cc1C. The van der Waals surface area contributed by atoms with E-state index < -0.39 is 0 Å². The fourth-order valence-electron chi connectivity index (χ4n) is 6.82. The Bertz CT molecular complexity index is 1230. The van der Waals surface area contributed by atoms with Crippen LogP contribution in [0.3, 0.4) is 0 Å². The van der Waals surface area contributed by atoms with Crippen molar-refractivity contribution in [2.75, 3.05) is 20.1 Å². The lowest BCUT2D eigenvalue weighted by Gasteiger charge is -2.24. The first-order valence-corrected chi connectivity index (χ1v) is 18.1. The maximum atomic E-state index is 13.6. The lowest BCUT2D eigenvalue weighted by Crippen LogP contribution is -2.23. The van der Waals surface area contributed by atoms with Crippen LogP contribution in [0.4, 0.5) is 0 Å². The summed E-state index contributed by atoms with van der Waals surface area (Å²) in [7, 11) is 2.15. The van der Waals surface area contributed by atoms with E-state index >= 15 is 0 Å². The molecule has 1 saturated heterocycles. The van der Waals surface area contributed by atoms with Crippen LogP contribution in [0.15, 0.2) is 52.0 Å². The van der Waals surface area contributed by atoms with Gasteiger partial charge in [0.1, 0.15) is 0 Å². The van der Waals surface area contributed by atoms with Crippen LogP contribution in [0.2, 0.25) is 0 Å². The summed E-state index contributed by atoms with van der Waals surface area (Å²) in [5.74, 6) is -0.282. The van der Waals surface area contributed by atoms with Crippen LogP contribution in [0.1, 0.15) is 134 Å². The Hall–Kier alpha value is -2.37. The van der Waals surface area contributed by atoms with Crippen molar-refractivity contribution in [2.45, 2.75) is 131 Å². The second-order valence-corrected chi connectivity index (χ2v) is 13.5. The molecule has 250 valence electrons. The molecule has 0 radical (unpaired) electrons. The number of halogens is 1. The molecule has 5 nitrogen and oxygen atoms in total. The summed E-state index contributed by atoms with van der Waals surface area (Å²) in [4.78, 5) is 29.5. The van der Waals surface area contributed by atoms with E-state index in [9.17, 15) is 9.59 Å². The topological polar surface area (TPSA) is 55.8 Å². The van der Waals surface area contributed by atoms with Crippen molar-refractivity contribution >= 4 is 23.5 Å². The standard InChI is InChI=1S/C39H58ClNO4/c1-8-13-18-28-19-20-31(25-27(28)6)34-26-41(7)24-23-33-32(34)21-22-35(44-38(42)29(14-9-2)15-10-3)37(36(33)40)45-39(43)30(16-11-4)17-12-5/h19-21,25,29-30,34H,8-18,22-24,26H2,1-7H3. The number of carbonyl (C=O) groups is 2. The van der Waals surface area contributed by atoms with Gasteiger partial charge in [0.05, 0.1) is 16.9 Å². The molecule has 1 atom stereocenters. The number of ether oxygens (including phenoxy) is 2. The Morgan fingerprint density at radius 1 is 0.911 bits per heavy atom. The van der Waals surface area contributed by atoms with Gasteiger partial charge in [-0.1, -0.05) is 103 Å². The summed E-state index contributed by atoms with van der Waals surface area (Å²) >= 11 is 7.32. The number of benzene rings is 1. The third-order valence-electron chi connectivity index (χ3n) is 9.40. The fraction of sp³-hybridized carbons (Fsp3) is 0.641. The molecule has 1 aromatic rings. The summed E-state index contributed by atoms with van der Waals surface area (Å²) in [5.41, 5.74) is 6.09. The molecule has 0 N–H and O–H groups in total. The van der Waals surface area contributed by atoms with Crippen LogP contribution in [0.5, 0.6) is 0 Å². The molecule has 1 aromatic carbocycles. The monoisotopic (exact) mass is 639 g/mol. The Balaban J connectivity index is 2.11. The van der Waals surface area contributed by atoms with Crippen molar-refractivity contribution in [3.63, 3.8) is 0 Å². The summed E-state index contributed by atoms with van der Waals surface area (Å²) in [6.45, 7) is 14.5. The van der Waals surface area contributed by atoms with E-state index in [1.54, 1.807) is 0 Å². The van der Waals surface area contributed by atoms with E-state index in [-0.39, 0.29) is 35.5 Å². The number of hydrogen-bond donors (Lipinski definition) is 0. The number of carbonyl (C=O) groups excluding carboxylic acids is 2. The Morgan fingerprint density at radius 2 is 1.51 bits per heavy atom. The van der Waals surface area contributed by atoms with Crippen LogP contribution in [0, 0.1) is 18.8 Å². The maximum absolute atomic E-state index is 13.6. The number of allylic oxidation sites excluding steroid dienone is 2. The van der Waals surface area contributed by atoms with Gasteiger partial charge in [-0.25, -0.2) is 0 Å². The maximum Gasteiger partial charge on any atom is 0.314 e. The van der Waals surface area contributed by atoms with E-state index in [4.69, 9.17) is 21.1 Å². The minimum Gasteiger partial charge on any atom is -0.426 e. The van der Waals surface area contributed by atoms with E-state index in [1.807, 2.05) is 0 Å². The highest BCUT2D eigenvalue weighted by molar-refractivity contribution is 6.32. The highest BCUT2D eigenvalue weighted by Gasteiger charge is 2.34. The van der Waals surface area contributed by atoms with E-state index in [0.717, 1.165) is 88.4 Å². The molecule has 1 unspecified atom stereocenters. The predicted octanol–water partition coefficient (Wildman–Crippen LogP) is 10.3. The minimum atomic E-state index is -0.288. The Morgan fingerprint density at radius 3 is 2.07 bits per heavy atom. The van der Waals surface area contributed by atoms with Gasteiger partial charge in [0.15, 0.2) is 11.5 Å². The van der Waals surface area contributed by atoms with Crippen molar-refractivity contribution in [3.05, 3.63) is 68.7 Å². The summed E-state index contributed by atoms with van der Waals surface area (Å²) in [6.07, 6.45) is 13.3. The van der Waals surface area contributed by atoms with Gasteiger partial charge in [0.2, 0.25) is 0 Å². The van der Waals surface area contributed by atoms with Crippen LogP contribution < -0.4 is 0 Å². The molecule has 0 amide bonds. The molecule has 1 heterocycles. The predicted molar refractivity (Wildman–Crippen MR) is 186 cm³/mol. The smallest absolute Gasteiger partial charge is 0.314 e. The van der Waals surface area contributed by atoms with Crippen LogP contribution in [0.25, 0.3) is 0 Å². The second-order valence-electron chi connectivity index (χ2n) is 13.2. The first-order valence-electron chi connectivity index (χ1n) is 17.7. The van der Waals surface area contributed by atoms with Gasteiger partial charge in [0, 0.05) is 25.4 Å². The van der Waals surface area contributed by atoms with Gasteiger partial charge in [0.25, 0.3) is 0 Å². The zero-order valence-corrected chi connectivity index (χ0v) is 29.9. The summed E-state index contributed by atoms with van der Waals surface area (Å²) < 4.78 is 12.4. The number of unbranched alkanes of at least 4 members (excludes halogenated alkanes) is 1. The number of likely N-dealkylation sites (N-methyl/N-ethyl adjacent to an activating group) is 1. The van der Waals surface area contributed by atoms with Crippen LogP contribution in [-0.2, 0) is 25.5 Å². The molecule has 1 aliphatic heterocycles. The van der Waals surface area contributed by atoms with Gasteiger partial charge >= 0.3 is 11.9 Å². The van der Waals surface area contributed by atoms with E-state index in [1.165, 1.54) is 29.5 Å². The third-order valence-corrected chi connectivity index (χ3v) is 9.80. The van der Waals surface area contributed by atoms with Crippen molar-refractivity contribution in [1.82, 2.24) is 4.90 Å². The zero-order valence-electron chi connectivity index (χ0n) is 29.1. The van der Waals surface area contributed by atoms with Gasteiger partial charge in [-0.2, -0.15) is 0 Å². The quantitative estimate of drug-likeness (QED) is 0.168. The minimum absolute atomic E-state index is 0.0908. The molecule has 0 saturated carbocycles. The third kappa shape index (κ3) is 10.1. The first kappa shape index (κ1) is 37.1. The molecule has 0 bridgehead atoms. The lowest BCUT2D eigenvalue weighted by molar-refractivity contribution is -0.148. The number of rotatable bonds is 16. The number of hydrogen-bond acceptors (Lipinski definition) is 5. The second kappa shape index (κ2) is 18.7. The van der Waals surface area contributed by atoms with Gasteiger partial charge < -0.3 is 14.4 Å².